The van der Waals surface area contributed by atoms with E-state index in [9.17, 15) is 10.1 Å². The molecule has 0 aromatic carbocycles. The first kappa shape index (κ1) is 13.1. The molecule has 2 aromatic heterocycles. The smallest absolute Gasteiger partial charge is 0.333 e. The van der Waals surface area contributed by atoms with Crippen molar-refractivity contribution in [3.63, 3.8) is 0 Å². The maximum absolute atomic E-state index is 11.1. The van der Waals surface area contributed by atoms with Crippen LogP contribution in [0, 0.1) is 17.0 Å². The molecule has 0 fully saturated rings. The van der Waals surface area contributed by atoms with E-state index in [-0.39, 0.29) is 10.6 Å². The van der Waals surface area contributed by atoms with Crippen molar-refractivity contribution < 1.29 is 4.92 Å². The van der Waals surface area contributed by atoms with Gasteiger partial charge in [0.25, 0.3) is 0 Å². The van der Waals surface area contributed by atoms with Gasteiger partial charge in [0.2, 0.25) is 5.82 Å². The van der Waals surface area contributed by atoms with Crippen molar-refractivity contribution in [2.24, 2.45) is 0 Å². The average molecular weight is 263 g/mol. The molecule has 19 heavy (non-hydrogen) atoms. The van der Waals surface area contributed by atoms with Gasteiger partial charge in [0, 0.05) is 31.4 Å². The van der Waals surface area contributed by atoms with E-state index >= 15 is 0 Å². The van der Waals surface area contributed by atoms with Gasteiger partial charge >= 0.3 is 5.69 Å². The van der Waals surface area contributed by atoms with Gasteiger partial charge in [-0.25, -0.2) is 4.68 Å². The van der Waals surface area contributed by atoms with Crippen LogP contribution in [0.2, 0.25) is 0 Å². The lowest BCUT2D eigenvalue weighted by Crippen LogP contribution is -2.11. The predicted molar refractivity (Wildman–Crippen MR) is 72.3 cm³/mol. The van der Waals surface area contributed by atoms with Crippen LogP contribution in [0.25, 0.3) is 0 Å². The van der Waals surface area contributed by atoms with Crippen LogP contribution < -0.4 is 5.32 Å². The highest BCUT2D eigenvalue weighted by atomic mass is 16.6. The van der Waals surface area contributed by atoms with E-state index in [0.717, 1.165) is 12.1 Å². The number of nitrogens with one attached hydrogen (secondary N) is 2. The number of aryl methyl sites for hydroxylation is 2. The van der Waals surface area contributed by atoms with Crippen LogP contribution in [0.15, 0.2) is 18.3 Å². The number of nitrogens with zero attached hydrogens (tertiary/aromatic N) is 3. The van der Waals surface area contributed by atoms with Crippen LogP contribution in [0.4, 0.5) is 11.5 Å². The fourth-order valence-corrected chi connectivity index (χ4v) is 2.03. The number of H-pyrrole nitrogens is 1. The normalized spacial score (nSPS) is 10.6. The molecule has 0 radical (unpaired) electrons. The van der Waals surface area contributed by atoms with Gasteiger partial charge in [-0.05, 0) is 26.0 Å². The van der Waals surface area contributed by atoms with Gasteiger partial charge in [-0.1, -0.05) is 0 Å². The molecule has 7 nitrogen and oxygen atoms in total. The minimum absolute atomic E-state index is 0.0633. The van der Waals surface area contributed by atoms with E-state index in [1.54, 1.807) is 11.6 Å². The number of hydrogen-bond donors (Lipinski definition) is 2. The molecule has 0 saturated carbocycles. The average Bonchev–Trinajstić information content (AvgIpc) is 2.97. The Bertz CT molecular complexity index is 559. The van der Waals surface area contributed by atoms with Gasteiger partial charge in [0.15, 0.2) is 0 Å². The van der Waals surface area contributed by atoms with Gasteiger partial charge in [-0.3, -0.25) is 10.1 Å². The van der Waals surface area contributed by atoms with Crippen LogP contribution >= 0.6 is 0 Å². The van der Waals surface area contributed by atoms with E-state index in [0.29, 0.717) is 24.6 Å². The molecule has 102 valence electrons. The topological polar surface area (TPSA) is 88.8 Å². The summed E-state index contributed by atoms with van der Waals surface area (Å²) in [5.41, 5.74) is 1.59. The molecule has 2 aromatic rings. The molecule has 2 N–H and O–H groups in total. The number of hydrogen-bond acceptors (Lipinski definition) is 4. The van der Waals surface area contributed by atoms with Crippen LogP contribution in [-0.2, 0) is 13.0 Å². The summed E-state index contributed by atoms with van der Waals surface area (Å²) in [6.45, 7) is 4.78. The highest BCUT2D eigenvalue weighted by Gasteiger charge is 2.24. The molecule has 0 aliphatic carbocycles. The van der Waals surface area contributed by atoms with Gasteiger partial charge in [0.1, 0.15) is 5.69 Å². The molecule has 2 rings (SSSR count). The second kappa shape index (κ2) is 5.55. The van der Waals surface area contributed by atoms with Crippen molar-refractivity contribution in [3.8, 4) is 0 Å². The van der Waals surface area contributed by atoms with Crippen LogP contribution in [0.1, 0.15) is 18.3 Å². The van der Waals surface area contributed by atoms with Crippen molar-refractivity contribution in [1.82, 2.24) is 14.8 Å². The lowest BCUT2D eigenvalue weighted by atomic mass is 10.3. The summed E-state index contributed by atoms with van der Waals surface area (Å²) in [7, 11) is 0. The summed E-state index contributed by atoms with van der Waals surface area (Å²) in [5, 5.41) is 18.4. The second-order valence-corrected chi connectivity index (χ2v) is 4.23. The third-order valence-electron chi connectivity index (χ3n) is 2.93. The molecule has 7 heteroatoms. The highest BCUT2D eigenvalue weighted by Crippen LogP contribution is 2.27. The van der Waals surface area contributed by atoms with E-state index in [4.69, 9.17) is 0 Å². The molecule has 0 bridgehead atoms. The molecular formula is C12H17N5O2. The van der Waals surface area contributed by atoms with E-state index < -0.39 is 0 Å². The summed E-state index contributed by atoms with van der Waals surface area (Å²) < 4.78 is 1.63. The van der Waals surface area contributed by atoms with Crippen molar-refractivity contribution in [2.45, 2.75) is 26.8 Å². The number of aromatic amines is 1. The highest BCUT2D eigenvalue weighted by molar-refractivity contribution is 5.59. The van der Waals surface area contributed by atoms with Crippen molar-refractivity contribution >= 4 is 11.5 Å². The Kier molecular flexibility index (Phi) is 3.84. The van der Waals surface area contributed by atoms with Crippen molar-refractivity contribution in [1.29, 1.82) is 0 Å². The maximum Gasteiger partial charge on any atom is 0.333 e. The van der Waals surface area contributed by atoms with E-state index in [2.05, 4.69) is 15.4 Å². The minimum Gasteiger partial charge on any atom is -0.365 e. The molecule has 0 aliphatic rings. The minimum atomic E-state index is -0.383. The standard InChI is InChI=1S/C12H17N5O2/c1-3-16-12(11(17(18)19)9(2)15-16)14-8-6-10-5-4-7-13-10/h4-5,7,13-14H,3,6,8H2,1-2H3. The van der Waals surface area contributed by atoms with Gasteiger partial charge in [-0.2, -0.15) is 5.10 Å². The summed E-state index contributed by atoms with van der Waals surface area (Å²) in [6, 6.07) is 3.91. The Morgan fingerprint density at radius 3 is 2.95 bits per heavy atom. The monoisotopic (exact) mass is 263 g/mol. The van der Waals surface area contributed by atoms with Crippen molar-refractivity contribution in [3.05, 3.63) is 39.8 Å². The molecule has 0 unspecified atom stereocenters. The summed E-state index contributed by atoms with van der Waals surface area (Å²) in [4.78, 5) is 13.8. The SMILES string of the molecule is CCn1nc(C)c([N+](=O)[O-])c1NCCc1ccc[nH]1. The van der Waals surface area contributed by atoms with Gasteiger partial charge in [-0.15, -0.1) is 0 Å². The van der Waals surface area contributed by atoms with Gasteiger partial charge < -0.3 is 10.3 Å². The first-order chi connectivity index (χ1) is 9.13. The fraction of sp³-hybridized carbons (Fsp3) is 0.417. The van der Waals surface area contributed by atoms with Gasteiger partial charge in [0.05, 0.1) is 4.92 Å². The zero-order valence-corrected chi connectivity index (χ0v) is 11.0. The zero-order valence-electron chi connectivity index (χ0n) is 11.0. The molecule has 2 heterocycles. The molecule has 0 saturated heterocycles. The lowest BCUT2D eigenvalue weighted by molar-refractivity contribution is -0.384. The Hall–Kier alpha value is -2.31. The van der Waals surface area contributed by atoms with Crippen LogP contribution in [0.3, 0.4) is 0 Å². The lowest BCUT2D eigenvalue weighted by Gasteiger charge is -2.06. The third kappa shape index (κ3) is 2.75. The van der Waals surface area contributed by atoms with E-state index in [1.807, 2.05) is 25.3 Å². The molecule has 0 atom stereocenters. The number of aromatic nitrogens is 3. The Morgan fingerprint density at radius 2 is 2.37 bits per heavy atom. The Labute approximate surface area is 110 Å². The van der Waals surface area contributed by atoms with Crippen LogP contribution in [0.5, 0.6) is 0 Å². The second-order valence-electron chi connectivity index (χ2n) is 4.23. The maximum atomic E-state index is 11.1. The number of anilines is 1. The Morgan fingerprint density at radius 1 is 1.58 bits per heavy atom. The molecule has 0 aliphatic heterocycles. The number of rotatable bonds is 6. The third-order valence-corrected chi connectivity index (χ3v) is 2.93. The molecular weight excluding hydrogens is 246 g/mol. The fourth-order valence-electron chi connectivity index (χ4n) is 2.03. The summed E-state index contributed by atoms with van der Waals surface area (Å²) in [6.07, 6.45) is 2.64. The molecule has 0 spiro atoms. The quantitative estimate of drug-likeness (QED) is 0.617. The number of nitro groups is 1. The summed E-state index contributed by atoms with van der Waals surface area (Å²) >= 11 is 0. The largest absolute Gasteiger partial charge is 0.365 e. The molecule has 0 amide bonds. The van der Waals surface area contributed by atoms with E-state index in [1.165, 1.54) is 0 Å². The first-order valence-corrected chi connectivity index (χ1v) is 6.21. The first-order valence-electron chi connectivity index (χ1n) is 6.21. The summed E-state index contributed by atoms with van der Waals surface area (Å²) in [5.74, 6) is 0.483. The zero-order chi connectivity index (χ0) is 13.8. The van der Waals surface area contributed by atoms with Crippen LogP contribution in [-0.4, -0.2) is 26.2 Å². The predicted octanol–water partition coefficient (Wildman–Crippen LogP) is 2.10. The Balaban J connectivity index is 2.12. The van der Waals surface area contributed by atoms with Crippen molar-refractivity contribution in [2.75, 3.05) is 11.9 Å².